The lowest BCUT2D eigenvalue weighted by Crippen LogP contribution is -2.20. The molecule has 0 aromatic rings. The van der Waals surface area contributed by atoms with Gasteiger partial charge in [-0.2, -0.15) is 0 Å². The van der Waals surface area contributed by atoms with Gasteiger partial charge >= 0.3 is 0 Å². The van der Waals surface area contributed by atoms with Crippen LogP contribution in [0.25, 0.3) is 0 Å². The zero-order chi connectivity index (χ0) is 11.3. The third-order valence-corrected chi connectivity index (χ3v) is 5.10. The maximum Gasteiger partial charge on any atom is 0.0572 e. The van der Waals surface area contributed by atoms with Crippen molar-refractivity contribution in [2.45, 2.75) is 39.2 Å². The van der Waals surface area contributed by atoms with Gasteiger partial charge in [0.25, 0.3) is 0 Å². The summed E-state index contributed by atoms with van der Waals surface area (Å²) in [4.78, 5) is 0. The van der Waals surface area contributed by atoms with Gasteiger partial charge in [0.05, 0.1) is 6.10 Å². The van der Waals surface area contributed by atoms with Gasteiger partial charge in [-0.25, -0.2) is 0 Å². The van der Waals surface area contributed by atoms with Gasteiger partial charge in [0.2, 0.25) is 0 Å². The number of rotatable bonds is 2. The van der Waals surface area contributed by atoms with E-state index in [-0.39, 0.29) is 6.10 Å². The van der Waals surface area contributed by atoms with Crippen LogP contribution in [-0.2, 0) is 0 Å². The van der Waals surface area contributed by atoms with Gasteiger partial charge in [0.15, 0.2) is 0 Å². The van der Waals surface area contributed by atoms with Crippen molar-refractivity contribution in [2.24, 2.45) is 29.6 Å². The highest BCUT2D eigenvalue weighted by molar-refractivity contribution is 5.27. The van der Waals surface area contributed by atoms with Crippen molar-refractivity contribution in [3.8, 4) is 0 Å². The molecular weight excluding hydrogens is 196 g/mol. The van der Waals surface area contributed by atoms with Crippen LogP contribution in [0, 0.1) is 29.6 Å². The number of allylic oxidation sites excluding steroid dienone is 3. The first-order valence-electron chi connectivity index (χ1n) is 6.72. The highest BCUT2D eigenvalue weighted by atomic mass is 16.3. The van der Waals surface area contributed by atoms with Crippen LogP contribution in [0.2, 0.25) is 0 Å². The molecule has 0 aromatic heterocycles. The van der Waals surface area contributed by atoms with Crippen LogP contribution in [0.5, 0.6) is 0 Å². The second-order valence-corrected chi connectivity index (χ2v) is 6.05. The molecule has 0 spiro atoms. The zero-order valence-corrected chi connectivity index (χ0v) is 10.3. The van der Waals surface area contributed by atoms with Gasteiger partial charge in [0.1, 0.15) is 0 Å². The Bertz CT molecular complexity index is 339. The van der Waals surface area contributed by atoms with Crippen molar-refractivity contribution >= 4 is 0 Å². The molecule has 3 aliphatic carbocycles. The van der Waals surface area contributed by atoms with Crippen LogP contribution in [0.15, 0.2) is 23.8 Å². The molecule has 0 aliphatic heterocycles. The second kappa shape index (κ2) is 3.73. The van der Waals surface area contributed by atoms with Gasteiger partial charge in [0, 0.05) is 0 Å². The van der Waals surface area contributed by atoms with E-state index in [1.54, 1.807) is 5.57 Å². The minimum Gasteiger partial charge on any atom is -0.393 e. The summed E-state index contributed by atoms with van der Waals surface area (Å²) in [6, 6.07) is 0. The predicted molar refractivity (Wildman–Crippen MR) is 65.9 cm³/mol. The molecule has 0 heterocycles. The van der Waals surface area contributed by atoms with E-state index in [0.29, 0.717) is 5.92 Å². The molecule has 6 atom stereocenters. The van der Waals surface area contributed by atoms with Gasteiger partial charge in [-0.3, -0.25) is 0 Å². The van der Waals surface area contributed by atoms with Gasteiger partial charge in [-0.05, 0) is 55.8 Å². The smallest absolute Gasteiger partial charge is 0.0572 e. The third kappa shape index (κ3) is 1.48. The lowest BCUT2D eigenvalue weighted by molar-refractivity contribution is 0.156. The van der Waals surface area contributed by atoms with Crippen molar-refractivity contribution in [3.63, 3.8) is 0 Å². The molecule has 88 valence electrons. The van der Waals surface area contributed by atoms with E-state index < -0.39 is 0 Å². The molecule has 0 amide bonds. The second-order valence-electron chi connectivity index (χ2n) is 6.05. The third-order valence-electron chi connectivity index (χ3n) is 5.10. The molecule has 1 heteroatoms. The molecular formula is C15H22O. The highest BCUT2D eigenvalue weighted by Gasteiger charge is 2.49. The average molecular weight is 218 g/mol. The van der Waals surface area contributed by atoms with Crippen LogP contribution in [0.4, 0.5) is 0 Å². The molecule has 3 rings (SSSR count). The van der Waals surface area contributed by atoms with Crippen LogP contribution in [0.3, 0.4) is 0 Å². The number of aliphatic hydroxyl groups excluding tert-OH is 1. The SMILES string of the molecule is C[C@H](/C=C1/C[C@@H]2C[C@H]1[C@H]1C=CC[C@@H]21)[C@@H](C)O. The summed E-state index contributed by atoms with van der Waals surface area (Å²) in [6.07, 6.45) is 11.0. The molecule has 2 fully saturated rings. The van der Waals surface area contributed by atoms with Crippen molar-refractivity contribution in [1.29, 1.82) is 0 Å². The first-order valence-corrected chi connectivity index (χ1v) is 6.72. The molecule has 0 radical (unpaired) electrons. The molecule has 0 unspecified atom stereocenters. The summed E-state index contributed by atoms with van der Waals surface area (Å²) in [5, 5.41) is 9.58. The summed E-state index contributed by atoms with van der Waals surface area (Å²) < 4.78 is 0. The molecule has 1 nitrogen and oxygen atoms in total. The molecule has 2 bridgehead atoms. The van der Waals surface area contributed by atoms with E-state index in [4.69, 9.17) is 0 Å². The summed E-state index contributed by atoms with van der Waals surface area (Å²) in [5.74, 6) is 3.88. The van der Waals surface area contributed by atoms with Crippen molar-refractivity contribution in [2.75, 3.05) is 0 Å². The van der Waals surface area contributed by atoms with Gasteiger partial charge in [-0.15, -0.1) is 0 Å². The zero-order valence-electron chi connectivity index (χ0n) is 10.3. The minimum atomic E-state index is -0.207. The van der Waals surface area contributed by atoms with Crippen molar-refractivity contribution in [3.05, 3.63) is 23.8 Å². The quantitative estimate of drug-likeness (QED) is 0.706. The maximum absolute atomic E-state index is 9.58. The molecule has 16 heavy (non-hydrogen) atoms. The first-order chi connectivity index (χ1) is 7.66. The Hall–Kier alpha value is -0.560. The Morgan fingerprint density at radius 3 is 3.00 bits per heavy atom. The lowest BCUT2D eigenvalue weighted by Gasteiger charge is -2.27. The van der Waals surface area contributed by atoms with E-state index >= 15 is 0 Å². The van der Waals surface area contributed by atoms with Gasteiger partial charge < -0.3 is 5.11 Å². The Kier molecular flexibility index (Phi) is 2.47. The van der Waals surface area contributed by atoms with E-state index in [1.807, 2.05) is 6.92 Å². The Labute approximate surface area is 98.2 Å². The fourth-order valence-electron chi connectivity index (χ4n) is 4.05. The summed E-state index contributed by atoms with van der Waals surface area (Å²) in [5.41, 5.74) is 1.64. The largest absolute Gasteiger partial charge is 0.393 e. The molecule has 0 aromatic carbocycles. The fourth-order valence-corrected chi connectivity index (χ4v) is 4.05. The summed E-state index contributed by atoms with van der Waals surface area (Å²) in [6.45, 7) is 4.03. The average Bonchev–Trinajstić information content (AvgIpc) is 2.87. The Morgan fingerprint density at radius 1 is 1.44 bits per heavy atom. The van der Waals surface area contributed by atoms with E-state index in [1.165, 1.54) is 19.3 Å². The Morgan fingerprint density at radius 2 is 2.25 bits per heavy atom. The van der Waals surface area contributed by atoms with Crippen LogP contribution in [-0.4, -0.2) is 11.2 Å². The Balaban J connectivity index is 1.79. The van der Waals surface area contributed by atoms with E-state index in [0.717, 1.165) is 23.7 Å². The highest BCUT2D eigenvalue weighted by Crippen LogP contribution is 2.58. The molecule has 0 saturated heterocycles. The normalized spacial score (nSPS) is 46.3. The number of hydrogen-bond acceptors (Lipinski definition) is 1. The van der Waals surface area contributed by atoms with Crippen molar-refractivity contribution in [1.82, 2.24) is 0 Å². The number of hydrogen-bond donors (Lipinski definition) is 1. The summed E-state index contributed by atoms with van der Waals surface area (Å²) in [7, 11) is 0. The predicted octanol–water partition coefficient (Wildman–Crippen LogP) is 3.16. The van der Waals surface area contributed by atoms with Crippen molar-refractivity contribution < 1.29 is 5.11 Å². The number of aliphatic hydroxyl groups is 1. The fraction of sp³-hybridized carbons (Fsp3) is 0.733. The van der Waals surface area contributed by atoms with Crippen LogP contribution in [0.1, 0.15) is 33.1 Å². The topological polar surface area (TPSA) is 20.2 Å². The monoisotopic (exact) mass is 218 g/mol. The first kappa shape index (κ1) is 10.6. The van der Waals surface area contributed by atoms with Crippen LogP contribution < -0.4 is 0 Å². The standard InChI is InChI=1S/C15H22O/c1-9(10(2)16)6-11-7-12-8-15(11)14-5-3-4-13(12)14/h3,5-6,9-10,12-16H,4,7-8H2,1-2H3/b11-6-/t9-,10-,12-,13+,14+,15-/m1/s1. The molecule has 2 saturated carbocycles. The van der Waals surface area contributed by atoms with Gasteiger partial charge in [-0.1, -0.05) is 30.7 Å². The van der Waals surface area contributed by atoms with Crippen LogP contribution >= 0.6 is 0 Å². The minimum absolute atomic E-state index is 0.207. The summed E-state index contributed by atoms with van der Waals surface area (Å²) >= 11 is 0. The lowest BCUT2D eigenvalue weighted by atomic mass is 9.78. The molecule has 1 N–H and O–H groups in total. The van der Waals surface area contributed by atoms with E-state index in [9.17, 15) is 5.11 Å². The maximum atomic E-state index is 9.58. The number of fused-ring (bicyclic) bond motifs is 5. The van der Waals surface area contributed by atoms with E-state index in [2.05, 4.69) is 25.2 Å². The molecule has 3 aliphatic rings.